The topological polar surface area (TPSA) is 28.2 Å². The van der Waals surface area contributed by atoms with Gasteiger partial charge in [-0.05, 0) is 63.5 Å². The maximum absolute atomic E-state index is 4.40. The van der Waals surface area contributed by atoms with Crippen molar-refractivity contribution in [2.45, 2.75) is 32.7 Å². The maximum atomic E-state index is 4.40. The molecule has 1 aliphatic rings. The summed E-state index contributed by atoms with van der Waals surface area (Å²) in [5.41, 5.74) is 1.19. The minimum absolute atomic E-state index is 0.872. The van der Waals surface area contributed by atoms with Crippen LogP contribution in [0.15, 0.2) is 24.4 Å². The number of hydrogen-bond acceptors (Lipinski definition) is 3. The smallest absolute Gasteiger partial charge is 0.0543 e. The normalized spacial score (nSPS) is 18.1. The van der Waals surface area contributed by atoms with Gasteiger partial charge in [-0.3, -0.25) is 9.88 Å². The fraction of sp³-hybridized carbons (Fsp3) is 0.667. The van der Waals surface area contributed by atoms with Crippen LogP contribution in [0.2, 0.25) is 0 Å². The molecule has 3 nitrogen and oxygen atoms in total. The first-order chi connectivity index (χ1) is 8.88. The Morgan fingerprint density at radius 1 is 1.33 bits per heavy atom. The molecule has 1 saturated heterocycles. The lowest BCUT2D eigenvalue weighted by Crippen LogP contribution is -2.37. The Balaban J connectivity index is 1.67. The van der Waals surface area contributed by atoms with E-state index in [4.69, 9.17) is 0 Å². The molecule has 18 heavy (non-hydrogen) atoms. The van der Waals surface area contributed by atoms with Crippen LogP contribution in [-0.2, 0) is 6.54 Å². The Bertz CT molecular complexity index is 318. The molecule has 0 spiro atoms. The Labute approximate surface area is 111 Å². The zero-order chi connectivity index (χ0) is 12.6. The van der Waals surface area contributed by atoms with E-state index in [1.165, 1.54) is 44.6 Å². The van der Waals surface area contributed by atoms with Crippen LogP contribution in [0.25, 0.3) is 0 Å². The van der Waals surface area contributed by atoms with E-state index < -0.39 is 0 Å². The SMILES string of the molecule is CCCNCC1CCN(Cc2ccccn2)CC1. The molecule has 1 aromatic rings. The summed E-state index contributed by atoms with van der Waals surface area (Å²) >= 11 is 0. The van der Waals surface area contributed by atoms with Crippen LogP contribution in [-0.4, -0.2) is 36.1 Å². The molecule has 0 saturated carbocycles. The van der Waals surface area contributed by atoms with Gasteiger partial charge in [-0.15, -0.1) is 0 Å². The van der Waals surface area contributed by atoms with E-state index in [9.17, 15) is 0 Å². The fourth-order valence-electron chi connectivity index (χ4n) is 2.55. The van der Waals surface area contributed by atoms with E-state index in [-0.39, 0.29) is 0 Å². The molecule has 1 N–H and O–H groups in total. The lowest BCUT2D eigenvalue weighted by Gasteiger charge is -2.31. The fourth-order valence-corrected chi connectivity index (χ4v) is 2.55. The molecule has 2 heterocycles. The summed E-state index contributed by atoms with van der Waals surface area (Å²) in [7, 11) is 0. The molecule has 3 heteroatoms. The van der Waals surface area contributed by atoms with Crippen molar-refractivity contribution >= 4 is 0 Å². The number of pyridine rings is 1. The molecule has 0 bridgehead atoms. The van der Waals surface area contributed by atoms with E-state index in [0.29, 0.717) is 0 Å². The van der Waals surface area contributed by atoms with Crippen LogP contribution >= 0.6 is 0 Å². The molecule has 0 amide bonds. The highest BCUT2D eigenvalue weighted by molar-refractivity contribution is 5.03. The summed E-state index contributed by atoms with van der Waals surface area (Å²) in [6, 6.07) is 6.17. The van der Waals surface area contributed by atoms with Gasteiger partial charge in [-0.25, -0.2) is 0 Å². The van der Waals surface area contributed by atoms with Crippen LogP contribution in [0.3, 0.4) is 0 Å². The van der Waals surface area contributed by atoms with Gasteiger partial charge in [0.15, 0.2) is 0 Å². The first kappa shape index (κ1) is 13.5. The molecule has 2 rings (SSSR count). The van der Waals surface area contributed by atoms with Crippen LogP contribution in [0, 0.1) is 5.92 Å². The van der Waals surface area contributed by atoms with Gasteiger partial charge in [0.1, 0.15) is 0 Å². The third kappa shape index (κ3) is 4.39. The van der Waals surface area contributed by atoms with Crippen molar-refractivity contribution in [2.24, 2.45) is 5.92 Å². The summed E-state index contributed by atoms with van der Waals surface area (Å²) < 4.78 is 0. The second kappa shape index (κ2) is 7.49. The largest absolute Gasteiger partial charge is 0.316 e. The first-order valence-corrected chi connectivity index (χ1v) is 7.21. The Hall–Kier alpha value is -0.930. The van der Waals surface area contributed by atoms with Gasteiger partial charge in [-0.2, -0.15) is 0 Å². The maximum Gasteiger partial charge on any atom is 0.0543 e. The van der Waals surface area contributed by atoms with Crippen molar-refractivity contribution in [1.82, 2.24) is 15.2 Å². The first-order valence-electron chi connectivity index (χ1n) is 7.21. The molecular formula is C15H25N3. The Morgan fingerprint density at radius 2 is 2.17 bits per heavy atom. The summed E-state index contributed by atoms with van der Waals surface area (Å²) in [5.74, 6) is 0.872. The quantitative estimate of drug-likeness (QED) is 0.782. The summed E-state index contributed by atoms with van der Waals surface area (Å²) in [6.45, 7) is 8.03. The van der Waals surface area contributed by atoms with E-state index in [1.807, 2.05) is 12.3 Å². The summed E-state index contributed by atoms with van der Waals surface area (Å²) in [5, 5.41) is 3.54. The zero-order valence-corrected chi connectivity index (χ0v) is 11.4. The number of hydrogen-bond donors (Lipinski definition) is 1. The molecule has 0 aromatic carbocycles. The standard InChI is InChI=1S/C15H25N3/c1-2-8-16-12-14-6-10-18(11-7-14)13-15-5-3-4-9-17-15/h3-5,9,14,16H,2,6-8,10-13H2,1H3. The monoisotopic (exact) mass is 247 g/mol. The minimum atomic E-state index is 0.872. The lowest BCUT2D eigenvalue weighted by atomic mass is 9.96. The third-order valence-electron chi connectivity index (χ3n) is 3.68. The molecule has 1 fully saturated rings. The number of likely N-dealkylation sites (tertiary alicyclic amines) is 1. The second-order valence-electron chi connectivity index (χ2n) is 5.24. The number of piperidine rings is 1. The average Bonchev–Trinajstić information content (AvgIpc) is 2.42. The van der Waals surface area contributed by atoms with Crippen LogP contribution in [0.4, 0.5) is 0 Å². The van der Waals surface area contributed by atoms with Gasteiger partial charge in [0.05, 0.1) is 5.69 Å². The highest BCUT2D eigenvalue weighted by Gasteiger charge is 2.18. The predicted molar refractivity (Wildman–Crippen MR) is 75.4 cm³/mol. The third-order valence-corrected chi connectivity index (χ3v) is 3.68. The number of aromatic nitrogens is 1. The van der Waals surface area contributed by atoms with Crippen molar-refractivity contribution in [2.75, 3.05) is 26.2 Å². The summed E-state index contributed by atoms with van der Waals surface area (Å²) in [4.78, 5) is 6.92. The van der Waals surface area contributed by atoms with Gasteiger partial charge >= 0.3 is 0 Å². The van der Waals surface area contributed by atoms with E-state index in [1.54, 1.807) is 0 Å². The molecule has 0 atom stereocenters. The molecular weight excluding hydrogens is 222 g/mol. The summed E-state index contributed by atoms with van der Waals surface area (Å²) in [6.07, 6.45) is 5.77. The molecule has 1 aromatic heterocycles. The number of rotatable bonds is 6. The van der Waals surface area contributed by atoms with E-state index in [2.05, 4.69) is 34.3 Å². The minimum Gasteiger partial charge on any atom is -0.316 e. The lowest BCUT2D eigenvalue weighted by molar-refractivity contribution is 0.174. The molecule has 1 aliphatic heterocycles. The highest BCUT2D eigenvalue weighted by atomic mass is 15.1. The van der Waals surface area contributed by atoms with Gasteiger partial charge in [-0.1, -0.05) is 13.0 Å². The van der Waals surface area contributed by atoms with Gasteiger partial charge < -0.3 is 5.32 Å². The molecule has 0 aliphatic carbocycles. The number of nitrogens with zero attached hydrogens (tertiary/aromatic N) is 2. The Kier molecular flexibility index (Phi) is 5.62. The van der Waals surface area contributed by atoms with Crippen molar-refractivity contribution in [3.05, 3.63) is 30.1 Å². The van der Waals surface area contributed by atoms with Crippen molar-refractivity contribution in [3.63, 3.8) is 0 Å². The molecule has 0 radical (unpaired) electrons. The van der Waals surface area contributed by atoms with Crippen molar-refractivity contribution in [3.8, 4) is 0 Å². The molecule has 0 unspecified atom stereocenters. The van der Waals surface area contributed by atoms with Crippen LogP contribution in [0.5, 0.6) is 0 Å². The van der Waals surface area contributed by atoms with E-state index in [0.717, 1.165) is 19.0 Å². The van der Waals surface area contributed by atoms with Gasteiger partial charge in [0.25, 0.3) is 0 Å². The molecule has 100 valence electrons. The van der Waals surface area contributed by atoms with Crippen molar-refractivity contribution < 1.29 is 0 Å². The zero-order valence-electron chi connectivity index (χ0n) is 11.4. The van der Waals surface area contributed by atoms with E-state index >= 15 is 0 Å². The predicted octanol–water partition coefficient (Wildman–Crippen LogP) is 2.29. The average molecular weight is 247 g/mol. The van der Waals surface area contributed by atoms with Gasteiger partial charge in [0.2, 0.25) is 0 Å². The number of nitrogens with one attached hydrogen (secondary N) is 1. The van der Waals surface area contributed by atoms with Crippen LogP contribution < -0.4 is 5.32 Å². The highest BCUT2D eigenvalue weighted by Crippen LogP contribution is 2.17. The van der Waals surface area contributed by atoms with Crippen LogP contribution in [0.1, 0.15) is 31.9 Å². The second-order valence-corrected chi connectivity index (χ2v) is 5.24. The Morgan fingerprint density at radius 3 is 2.83 bits per heavy atom. The van der Waals surface area contributed by atoms with Gasteiger partial charge in [0, 0.05) is 12.7 Å². The van der Waals surface area contributed by atoms with Crippen molar-refractivity contribution in [1.29, 1.82) is 0 Å².